The molecule has 3 heteroatoms. The SMILES string of the molecule is CCn1c2ccccc2c2c1ccc1c3c(c4ccccc4n3-c3ccccc3)n(-c3ccccc3)c12. The van der Waals surface area contributed by atoms with Crippen LogP contribution in [0, 0.1) is 0 Å². The number of nitrogens with zero attached hydrogens (tertiary/aromatic N) is 3. The smallest absolute Gasteiger partial charge is 0.0804 e. The topological polar surface area (TPSA) is 14.8 Å². The summed E-state index contributed by atoms with van der Waals surface area (Å²) in [6.07, 6.45) is 0. The van der Waals surface area contributed by atoms with Crippen LogP contribution in [0.15, 0.2) is 121 Å². The molecule has 3 aromatic heterocycles. The summed E-state index contributed by atoms with van der Waals surface area (Å²) in [6.45, 7) is 3.17. The first-order valence-corrected chi connectivity index (χ1v) is 12.9. The van der Waals surface area contributed by atoms with Crippen molar-refractivity contribution in [2.75, 3.05) is 0 Å². The molecule has 0 spiro atoms. The van der Waals surface area contributed by atoms with Gasteiger partial charge in [0.2, 0.25) is 0 Å². The lowest BCUT2D eigenvalue weighted by Crippen LogP contribution is -1.95. The summed E-state index contributed by atoms with van der Waals surface area (Å²) in [5, 5.41) is 5.15. The average Bonchev–Trinajstić information content (AvgIpc) is 3.59. The zero-order valence-electron chi connectivity index (χ0n) is 20.6. The first kappa shape index (κ1) is 20.4. The van der Waals surface area contributed by atoms with Gasteiger partial charge in [-0.2, -0.15) is 0 Å². The fourth-order valence-corrected chi connectivity index (χ4v) is 6.37. The first-order chi connectivity index (χ1) is 18.4. The number of aryl methyl sites for hydroxylation is 1. The summed E-state index contributed by atoms with van der Waals surface area (Å²) in [4.78, 5) is 0. The molecule has 176 valence electrons. The molecule has 0 fully saturated rings. The molecule has 8 rings (SSSR count). The van der Waals surface area contributed by atoms with Gasteiger partial charge in [0, 0.05) is 45.0 Å². The van der Waals surface area contributed by atoms with Gasteiger partial charge in [-0.3, -0.25) is 0 Å². The van der Waals surface area contributed by atoms with Gasteiger partial charge in [0.1, 0.15) is 0 Å². The Kier molecular flexibility index (Phi) is 4.21. The Morgan fingerprint density at radius 1 is 0.432 bits per heavy atom. The molecule has 0 aliphatic heterocycles. The third-order valence-corrected chi connectivity index (χ3v) is 7.81. The van der Waals surface area contributed by atoms with E-state index in [-0.39, 0.29) is 0 Å². The Morgan fingerprint density at radius 2 is 1.00 bits per heavy atom. The minimum atomic E-state index is 0.931. The highest BCUT2D eigenvalue weighted by molar-refractivity contribution is 6.28. The quantitative estimate of drug-likeness (QED) is 0.242. The lowest BCUT2D eigenvalue weighted by molar-refractivity contribution is 0.827. The summed E-state index contributed by atoms with van der Waals surface area (Å²) >= 11 is 0. The Balaban J connectivity index is 1.72. The van der Waals surface area contributed by atoms with E-state index in [9.17, 15) is 0 Å². The van der Waals surface area contributed by atoms with Crippen LogP contribution in [0.25, 0.3) is 66.0 Å². The van der Waals surface area contributed by atoms with Crippen LogP contribution in [0.2, 0.25) is 0 Å². The number of hydrogen-bond donors (Lipinski definition) is 0. The number of aromatic nitrogens is 3. The average molecular weight is 476 g/mol. The van der Waals surface area contributed by atoms with Crippen molar-refractivity contribution in [3.8, 4) is 11.4 Å². The normalized spacial score (nSPS) is 12.0. The van der Waals surface area contributed by atoms with Crippen LogP contribution in [0.1, 0.15) is 6.92 Å². The van der Waals surface area contributed by atoms with Crippen LogP contribution in [0.3, 0.4) is 0 Å². The lowest BCUT2D eigenvalue weighted by Gasteiger charge is -2.10. The molecule has 0 aliphatic rings. The van der Waals surface area contributed by atoms with Crippen LogP contribution in [-0.2, 0) is 6.54 Å². The Hall–Kier alpha value is -4.76. The fraction of sp³-hybridized carbons (Fsp3) is 0.0588. The van der Waals surface area contributed by atoms with Crippen molar-refractivity contribution in [1.82, 2.24) is 13.7 Å². The Morgan fingerprint density at radius 3 is 1.70 bits per heavy atom. The predicted octanol–water partition coefficient (Wildman–Crippen LogP) is 8.86. The summed E-state index contributed by atoms with van der Waals surface area (Å²) in [7, 11) is 0. The highest BCUT2D eigenvalue weighted by Gasteiger charge is 2.25. The van der Waals surface area contributed by atoms with Gasteiger partial charge < -0.3 is 13.7 Å². The standard InChI is InChI=1S/C34H25N3/c1-2-35-28-19-11-9-17-25(28)31-30(35)22-21-27-32(31)37(24-15-7-4-8-16-24)33-26-18-10-12-20-29(26)36(34(27)33)23-13-5-3-6-14-23/h3-22H,2H2,1H3. The maximum absolute atomic E-state index is 2.50. The van der Waals surface area contributed by atoms with Gasteiger partial charge in [-0.1, -0.05) is 72.8 Å². The third kappa shape index (κ3) is 2.66. The molecule has 0 bridgehead atoms. The van der Waals surface area contributed by atoms with E-state index in [0.717, 1.165) is 6.54 Å². The summed E-state index contributed by atoms with van der Waals surface area (Å²) in [5.41, 5.74) is 9.92. The van der Waals surface area contributed by atoms with Gasteiger partial charge in [-0.25, -0.2) is 0 Å². The second-order valence-corrected chi connectivity index (χ2v) is 9.67. The van der Waals surface area contributed by atoms with Crippen LogP contribution in [0.5, 0.6) is 0 Å². The van der Waals surface area contributed by atoms with Crippen molar-refractivity contribution in [2.45, 2.75) is 13.5 Å². The van der Waals surface area contributed by atoms with E-state index in [0.29, 0.717) is 0 Å². The fourth-order valence-electron chi connectivity index (χ4n) is 6.37. The lowest BCUT2D eigenvalue weighted by atomic mass is 10.1. The second kappa shape index (κ2) is 7.62. The van der Waals surface area contributed by atoms with Crippen molar-refractivity contribution in [1.29, 1.82) is 0 Å². The zero-order chi connectivity index (χ0) is 24.5. The molecule has 3 heterocycles. The van der Waals surface area contributed by atoms with E-state index in [2.05, 4.69) is 142 Å². The van der Waals surface area contributed by atoms with Crippen molar-refractivity contribution in [2.24, 2.45) is 0 Å². The van der Waals surface area contributed by atoms with E-state index in [1.54, 1.807) is 0 Å². The number of para-hydroxylation sites is 4. The molecule has 0 unspecified atom stereocenters. The van der Waals surface area contributed by atoms with Crippen LogP contribution in [-0.4, -0.2) is 13.7 Å². The molecule has 0 saturated heterocycles. The van der Waals surface area contributed by atoms with E-state index < -0.39 is 0 Å². The molecule has 8 aromatic rings. The van der Waals surface area contributed by atoms with E-state index >= 15 is 0 Å². The van der Waals surface area contributed by atoms with Crippen molar-refractivity contribution in [3.63, 3.8) is 0 Å². The molecule has 0 atom stereocenters. The number of benzene rings is 5. The van der Waals surface area contributed by atoms with Crippen molar-refractivity contribution < 1.29 is 0 Å². The maximum Gasteiger partial charge on any atom is 0.0804 e. The van der Waals surface area contributed by atoms with E-state index in [4.69, 9.17) is 0 Å². The number of rotatable bonds is 3. The molecule has 37 heavy (non-hydrogen) atoms. The Labute approximate surface area is 214 Å². The minimum Gasteiger partial charge on any atom is -0.341 e. The molecule has 3 nitrogen and oxygen atoms in total. The van der Waals surface area contributed by atoms with Crippen molar-refractivity contribution >= 4 is 54.6 Å². The molecule has 0 aliphatic carbocycles. The summed E-state index contributed by atoms with van der Waals surface area (Å²) in [6, 6.07) is 43.9. The predicted molar refractivity (Wildman–Crippen MR) is 156 cm³/mol. The molecule has 0 amide bonds. The zero-order valence-corrected chi connectivity index (χ0v) is 20.6. The molecular formula is C34H25N3. The van der Waals surface area contributed by atoms with Gasteiger partial charge in [-0.05, 0) is 55.5 Å². The summed E-state index contributed by atoms with van der Waals surface area (Å²) < 4.78 is 7.39. The van der Waals surface area contributed by atoms with Gasteiger partial charge >= 0.3 is 0 Å². The van der Waals surface area contributed by atoms with Gasteiger partial charge in [0.05, 0.1) is 27.6 Å². The first-order valence-electron chi connectivity index (χ1n) is 12.9. The largest absolute Gasteiger partial charge is 0.341 e. The molecule has 5 aromatic carbocycles. The molecule has 0 saturated carbocycles. The van der Waals surface area contributed by atoms with E-state index in [1.165, 1.54) is 66.0 Å². The van der Waals surface area contributed by atoms with Crippen LogP contribution < -0.4 is 0 Å². The van der Waals surface area contributed by atoms with Gasteiger partial charge in [0.25, 0.3) is 0 Å². The highest BCUT2D eigenvalue weighted by atomic mass is 15.1. The van der Waals surface area contributed by atoms with Crippen LogP contribution >= 0.6 is 0 Å². The highest BCUT2D eigenvalue weighted by Crippen LogP contribution is 2.44. The Bertz CT molecular complexity index is 2110. The maximum atomic E-state index is 2.50. The monoisotopic (exact) mass is 475 g/mol. The number of fused-ring (bicyclic) bond motifs is 9. The van der Waals surface area contributed by atoms with Crippen LogP contribution in [0.4, 0.5) is 0 Å². The van der Waals surface area contributed by atoms with Crippen molar-refractivity contribution in [3.05, 3.63) is 121 Å². The second-order valence-electron chi connectivity index (χ2n) is 9.67. The van der Waals surface area contributed by atoms with Gasteiger partial charge in [-0.15, -0.1) is 0 Å². The third-order valence-electron chi connectivity index (χ3n) is 7.81. The van der Waals surface area contributed by atoms with Gasteiger partial charge in [0.15, 0.2) is 0 Å². The summed E-state index contributed by atoms with van der Waals surface area (Å²) in [5.74, 6) is 0. The molecule has 0 N–H and O–H groups in total. The molecule has 0 radical (unpaired) electrons. The number of hydrogen-bond acceptors (Lipinski definition) is 0. The minimum absolute atomic E-state index is 0.931. The van der Waals surface area contributed by atoms with E-state index in [1.807, 2.05) is 0 Å². The molecular weight excluding hydrogens is 450 g/mol.